The van der Waals surface area contributed by atoms with Crippen molar-refractivity contribution >= 4 is 28.9 Å². The van der Waals surface area contributed by atoms with E-state index in [1.165, 1.54) is 30.3 Å². The molecule has 1 aliphatic rings. The third kappa shape index (κ3) is 2.20. The third-order valence-corrected chi connectivity index (χ3v) is 3.31. The highest BCUT2D eigenvalue weighted by molar-refractivity contribution is 6.30. The lowest BCUT2D eigenvalue weighted by Gasteiger charge is -2.13. The average Bonchev–Trinajstić information content (AvgIpc) is 2.68. The lowest BCUT2D eigenvalue weighted by atomic mass is 10.1. The average molecular weight is 295 g/mol. The van der Waals surface area contributed by atoms with E-state index in [0.29, 0.717) is 11.3 Å². The Hall–Kier alpha value is -2.14. The van der Waals surface area contributed by atoms with Crippen molar-refractivity contribution in [1.82, 2.24) is 0 Å². The van der Waals surface area contributed by atoms with Crippen LogP contribution in [0.25, 0.3) is 0 Å². The molecule has 0 bridgehead atoms. The molecular weight excluding hydrogens is 286 g/mol. The van der Waals surface area contributed by atoms with Crippen LogP contribution in [0, 0.1) is 11.6 Å². The maximum Gasteiger partial charge on any atom is 0.251 e. The van der Waals surface area contributed by atoms with Gasteiger partial charge in [0.25, 0.3) is 5.91 Å². The van der Waals surface area contributed by atoms with Gasteiger partial charge in [-0.1, -0.05) is 17.7 Å². The summed E-state index contributed by atoms with van der Waals surface area (Å²) in [5.41, 5.74) is 1.12. The molecule has 2 aromatic carbocycles. The van der Waals surface area contributed by atoms with E-state index in [1.807, 2.05) is 0 Å². The Labute approximate surface area is 118 Å². The van der Waals surface area contributed by atoms with E-state index in [9.17, 15) is 13.6 Å². The first kappa shape index (κ1) is 12.9. The molecule has 6 heteroatoms. The normalized spacial score (nSPS) is 16.8. The first-order valence-corrected chi connectivity index (χ1v) is 6.24. The Bertz CT molecular complexity index is 706. The summed E-state index contributed by atoms with van der Waals surface area (Å²) in [6.45, 7) is 0. The Morgan fingerprint density at radius 3 is 2.70 bits per heavy atom. The van der Waals surface area contributed by atoms with Crippen LogP contribution in [0.5, 0.6) is 0 Å². The minimum Gasteiger partial charge on any atom is -0.368 e. The standard InChI is InChI=1S/C14H9ClF2N2O/c15-7-1-4-11(10(17)5-7)18-13-9-3-2-8(16)6-12(9)19-14(13)20/h1-6,13,18H,(H,19,20). The summed E-state index contributed by atoms with van der Waals surface area (Å²) in [5.74, 6) is -1.36. The number of anilines is 2. The Morgan fingerprint density at radius 1 is 1.15 bits per heavy atom. The summed E-state index contributed by atoms with van der Waals surface area (Å²) < 4.78 is 26.8. The fraction of sp³-hybridized carbons (Fsp3) is 0.0714. The highest BCUT2D eigenvalue weighted by atomic mass is 35.5. The van der Waals surface area contributed by atoms with Gasteiger partial charge in [-0.15, -0.1) is 0 Å². The Kier molecular flexibility index (Phi) is 3.06. The fourth-order valence-corrected chi connectivity index (χ4v) is 2.30. The molecule has 1 amide bonds. The van der Waals surface area contributed by atoms with Gasteiger partial charge in [0, 0.05) is 16.3 Å². The quantitative estimate of drug-likeness (QED) is 0.886. The van der Waals surface area contributed by atoms with Gasteiger partial charge in [-0.05, 0) is 30.3 Å². The summed E-state index contributed by atoms with van der Waals surface area (Å²) in [4.78, 5) is 11.9. The van der Waals surface area contributed by atoms with Crippen molar-refractivity contribution in [2.75, 3.05) is 10.6 Å². The fourth-order valence-electron chi connectivity index (χ4n) is 2.14. The molecule has 0 saturated carbocycles. The molecule has 3 nitrogen and oxygen atoms in total. The van der Waals surface area contributed by atoms with Gasteiger partial charge in [0.05, 0.1) is 5.69 Å². The van der Waals surface area contributed by atoms with Crippen molar-refractivity contribution in [1.29, 1.82) is 0 Å². The summed E-state index contributed by atoms with van der Waals surface area (Å²) >= 11 is 5.67. The molecule has 0 aliphatic carbocycles. The lowest BCUT2D eigenvalue weighted by Crippen LogP contribution is -2.20. The lowest BCUT2D eigenvalue weighted by molar-refractivity contribution is -0.116. The van der Waals surface area contributed by atoms with E-state index >= 15 is 0 Å². The van der Waals surface area contributed by atoms with Gasteiger partial charge in [-0.25, -0.2) is 8.78 Å². The van der Waals surface area contributed by atoms with Gasteiger partial charge >= 0.3 is 0 Å². The van der Waals surface area contributed by atoms with Crippen LogP contribution in [0.4, 0.5) is 20.2 Å². The molecule has 0 saturated heterocycles. The molecule has 102 valence electrons. The SMILES string of the molecule is O=C1Nc2cc(F)ccc2C1Nc1ccc(Cl)cc1F. The highest BCUT2D eigenvalue weighted by Crippen LogP contribution is 2.34. The van der Waals surface area contributed by atoms with Crippen molar-refractivity contribution < 1.29 is 13.6 Å². The number of carbonyl (C=O) groups is 1. The molecule has 3 rings (SSSR count). The summed E-state index contributed by atoms with van der Waals surface area (Å²) in [7, 11) is 0. The molecule has 1 atom stereocenters. The molecule has 1 unspecified atom stereocenters. The van der Waals surface area contributed by atoms with Crippen LogP contribution in [0.2, 0.25) is 5.02 Å². The first-order chi connectivity index (χ1) is 9.54. The van der Waals surface area contributed by atoms with Crippen molar-refractivity contribution in [2.24, 2.45) is 0 Å². The molecule has 2 N–H and O–H groups in total. The van der Waals surface area contributed by atoms with E-state index in [4.69, 9.17) is 11.6 Å². The third-order valence-electron chi connectivity index (χ3n) is 3.08. The van der Waals surface area contributed by atoms with E-state index < -0.39 is 17.7 Å². The molecule has 0 aromatic heterocycles. The van der Waals surface area contributed by atoms with Gasteiger partial charge < -0.3 is 10.6 Å². The van der Waals surface area contributed by atoms with Crippen molar-refractivity contribution in [3.05, 3.63) is 58.6 Å². The largest absolute Gasteiger partial charge is 0.368 e. The first-order valence-electron chi connectivity index (χ1n) is 5.86. The van der Waals surface area contributed by atoms with Crippen LogP contribution in [-0.2, 0) is 4.79 Å². The number of benzene rings is 2. The maximum atomic E-state index is 13.7. The molecule has 0 spiro atoms. The van der Waals surface area contributed by atoms with Gasteiger partial charge in [-0.3, -0.25) is 4.79 Å². The zero-order valence-electron chi connectivity index (χ0n) is 10.1. The van der Waals surface area contributed by atoms with Crippen LogP contribution in [-0.4, -0.2) is 5.91 Å². The molecule has 0 fully saturated rings. The number of nitrogens with one attached hydrogen (secondary N) is 2. The monoisotopic (exact) mass is 294 g/mol. The number of hydrogen-bond acceptors (Lipinski definition) is 2. The van der Waals surface area contributed by atoms with Gasteiger partial charge in [0.15, 0.2) is 0 Å². The number of rotatable bonds is 2. The van der Waals surface area contributed by atoms with E-state index in [1.54, 1.807) is 0 Å². The second-order valence-corrected chi connectivity index (χ2v) is 4.86. The van der Waals surface area contributed by atoms with Crippen LogP contribution in [0.3, 0.4) is 0 Å². The minimum absolute atomic E-state index is 0.159. The Morgan fingerprint density at radius 2 is 1.95 bits per heavy atom. The second-order valence-electron chi connectivity index (χ2n) is 4.42. The molecule has 0 radical (unpaired) electrons. The number of halogens is 3. The zero-order valence-corrected chi connectivity index (χ0v) is 10.8. The minimum atomic E-state index is -0.763. The van der Waals surface area contributed by atoms with Gasteiger partial charge in [0.1, 0.15) is 17.7 Å². The smallest absolute Gasteiger partial charge is 0.251 e. The number of carbonyl (C=O) groups excluding carboxylic acids is 1. The van der Waals surface area contributed by atoms with Crippen molar-refractivity contribution in [3.8, 4) is 0 Å². The topological polar surface area (TPSA) is 41.1 Å². The number of amides is 1. The van der Waals surface area contributed by atoms with Crippen molar-refractivity contribution in [2.45, 2.75) is 6.04 Å². The summed E-state index contributed by atoms with van der Waals surface area (Å²) in [6, 6.07) is 7.34. The predicted molar refractivity (Wildman–Crippen MR) is 72.8 cm³/mol. The van der Waals surface area contributed by atoms with Crippen LogP contribution in [0.15, 0.2) is 36.4 Å². The molecule has 2 aromatic rings. The summed E-state index contributed by atoms with van der Waals surface area (Å²) in [6.07, 6.45) is 0. The van der Waals surface area contributed by atoms with E-state index in [-0.39, 0.29) is 16.6 Å². The highest BCUT2D eigenvalue weighted by Gasteiger charge is 2.31. The molecule has 20 heavy (non-hydrogen) atoms. The van der Waals surface area contributed by atoms with E-state index in [0.717, 1.165) is 6.07 Å². The van der Waals surface area contributed by atoms with Crippen LogP contribution in [0.1, 0.15) is 11.6 Å². The molecular formula is C14H9ClF2N2O. The molecule has 1 aliphatic heterocycles. The van der Waals surface area contributed by atoms with Gasteiger partial charge in [-0.2, -0.15) is 0 Å². The Balaban J connectivity index is 1.94. The second kappa shape index (κ2) is 4.76. The maximum absolute atomic E-state index is 13.7. The number of fused-ring (bicyclic) bond motifs is 1. The van der Waals surface area contributed by atoms with E-state index in [2.05, 4.69) is 10.6 Å². The number of hydrogen-bond donors (Lipinski definition) is 2. The van der Waals surface area contributed by atoms with Crippen molar-refractivity contribution in [3.63, 3.8) is 0 Å². The summed E-state index contributed by atoms with van der Waals surface area (Å²) in [5, 5.41) is 5.61. The zero-order chi connectivity index (χ0) is 14.3. The van der Waals surface area contributed by atoms with Crippen LogP contribution >= 0.6 is 11.6 Å². The van der Waals surface area contributed by atoms with Gasteiger partial charge in [0.2, 0.25) is 0 Å². The van der Waals surface area contributed by atoms with Crippen LogP contribution < -0.4 is 10.6 Å². The molecule has 1 heterocycles. The predicted octanol–water partition coefficient (Wildman–Crippen LogP) is 3.72.